The van der Waals surface area contributed by atoms with Gasteiger partial charge in [-0.05, 0) is 12.8 Å². The zero-order chi connectivity index (χ0) is 15.9. The monoisotopic (exact) mass is 310 g/mol. The summed E-state index contributed by atoms with van der Waals surface area (Å²) in [6.45, 7) is 3.11. The molecule has 2 aromatic rings. The number of nitrogens with one attached hydrogen (secondary N) is 1. The Hall–Kier alpha value is -1.64. The summed E-state index contributed by atoms with van der Waals surface area (Å²) in [6, 6.07) is 21.5. The van der Waals surface area contributed by atoms with Crippen molar-refractivity contribution in [3.8, 4) is 0 Å². The van der Waals surface area contributed by atoms with Crippen molar-refractivity contribution >= 4 is 0 Å². The van der Waals surface area contributed by atoms with E-state index in [1.807, 2.05) is 0 Å². The third-order valence-electron chi connectivity index (χ3n) is 5.01. The Kier molecular flexibility index (Phi) is 5.84. The van der Waals surface area contributed by atoms with E-state index in [-0.39, 0.29) is 6.10 Å². The van der Waals surface area contributed by atoms with E-state index in [9.17, 15) is 5.11 Å². The van der Waals surface area contributed by atoms with Crippen LogP contribution in [0.25, 0.3) is 0 Å². The lowest BCUT2D eigenvalue weighted by atomic mass is 9.86. The van der Waals surface area contributed by atoms with Gasteiger partial charge in [-0.25, -0.2) is 0 Å². The second-order valence-electron chi connectivity index (χ2n) is 6.89. The van der Waals surface area contributed by atoms with Gasteiger partial charge in [-0.1, -0.05) is 73.5 Å². The average molecular weight is 310 g/mol. The highest BCUT2D eigenvalue weighted by atomic mass is 16.3. The van der Waals surface area contributed by atoms with Crippen molar-refractivity contribution in [1.82, 2.24) is 0 Å². The van der Waals surface area contributed by atoms with Crippen molar-refractivity contribution in [2.75, 3.05) is 6.54 Å². The Labute approximate surface area is 139 Å². The van der Waals surface area contributed by atoms with Gasteiger partial charge in [-0.15, -0.1) is 0 Å². The normalized spacial score (nSPS) is 21.5. The quantitative estimate of drug-likeness (QED) is 0.842. The molecule has 1 fully saturated rings. The molecule has 3 rings (SSSR count). The minimum Gasteiger partial charge on any atom is -0.393 e. The number of quaternary nitrogens is 1. The van der Waals surface area contributed by atoms with E-state index in [0.29, 0.717) is 5.92 Å². The summed E-state index contributed by atoms with van der Waals surface area (Å²) in [6.07, 6.45) is 4.50. The molecular formula is C21H28NO+. The summed E-state index contributed by atoms with van der Waals surface area (Å²) < 4.78 is 0. The lowest BCUT2D eigenvalue weighted by Crippen LogP contribution is -3.10. The first-order valence-electron chi connectivity index (χ1n) is 8.91. The molecule has 0 aliphatic heterocycles. The Morgan fingerprint density at radius 3 is 1.83 bits per heavy atom. The molecular weight excluding hydrogens is 282 g/mol. The van der Waals surface area contributed by atoms with Gasteiger partial charge in [-0.3, -0.25) is 0 Å². The van der Waals surface area contributed by atoms with E-state index in [1.165, 1.54) is 30.4 Å². The number of rotatable bonds is 6. The minimum absolute atomic E-state index is 0.106. The van der Waals surface area contributed by atoms with Crippen molar-refractivity contribution in [3.05, 3.63) is 71.8 Å². The highest BCUT2D eigenvalue weighted by molar-refractivity contribution is 5.14. The molecule has 2 N–H and O–H groups in total. The molecule has 2 heteroatoms. The maximum absolute atomic E-state index is 10.3. The molecule has 0 radical (unpaired) electrons. The molecule has 2 aromatic carbocycles. The highest BCUT2D eigenvalue weighted by Gasteiger charge is 2.27. The Balaban J connectivity index is 1.69. The Morgan fingerprint density at radius 2 is 1.30 bits per heavy atom. The second-order valence-corrected chi connectivity index (χ2v) is 6.89. The van der Waals surface area contributed by atoms with Gasteiger partial charge in [0.05, 0.1) is 12.6 Å². The summed E-state index contributed by atoms with van der Waals surface area (Å²) in [5, 5.41) is 10.3. The molecule has 0 spiro atoms. The molecule has 0 unspecified atom stereocenters. The van der Waals surface area contributed by atoms with Gasteiger partial charge in [0.2, 0.25) is 0 Å². The van der Waals surface area contributed by atoms with E-state index in [0.717, 1.165) is 26.1 Å². The summed E-state index contributed by atoms with van der Waals surface area (Å²) in [7, 11) is 0. The van der Waals surface area contributed by atoms with Crippen LogP contribution in [0.3, 0.4) is 0 Å². The third-order valence-corrected chi connectivity index (χ3v) is 5.01. The van der Waals surface area contributed by atoms with Crippen LogP contribution in [0.5, 0.6) is 0 Å². The van der Waals surface area contributed by atoms with Gasteiger partial charge in [0, 0.05) is 17.0 Å². The Morgan fingerprint density at radius 1 is 0.783 bits per heavy atom. The predicted octanol–water partition coefficient (Wildman–Crippen LogP) is 2.82. The first-order chi connectivity index (χ1) is 11.3. The van der Waals surface area contributed by atoms with Crippen molar-refractivity contribution in [2.45, 2.75) is 44.9 Å². The van der Waals surface area contributed by atoms with Crippen molar-refractivity contribution < 1.29 is 10.0 Å². The number of benzene rings is 2. The topological polar surface area (TPSA) is 24.7 Å². The molecule has 122 valence electrons. The number of aliphatic hydroxyl groups is 1. The average Bonchev–Trinajstić information content (AvgIpc) is 2.59. The van der Waals surface area contributed by atoms with Gasteiger partial charge >= 0.3 is 0 Å². The van der Waals surface area contributed by atoms with Gasteiger partial charge in [0.1, 0.15) is 13.1 Å². The minimum atomic E-state index is -0.106. The molecule has 1 aliphatic carbocycles. The van der Waals surface area contributed by atoms with Crippen molar-refractivity contribution in [1.29, 1.82) is 0 Å². The van der Waals surface area contributed by atoms with Gasteiger partial charge in [0.15, 0.2) is 0 Å². The van der Waals surface area contributed by atoms with Crippen LogP contribution in [0, 0.1) is 5.92 Å². The van der Waals surface area contributed by atoms with E-state index >= 15 is 0 Å². The summed E-state index contributed by atoms with van der Waals surface area (Å²) in [4.78, 5) is 1.55. The smallest absolute Gasteiger partial charge is 0.103 e. The van der Waals surface area contributed by atoms with Crippen molar-refractivity contribution in [3.63, 3.8) is 0 Å². The summed E-state index contributed by atoms with van der Waals surface area (Å²) >= 11 is 0. The molecule has 0 aromatic heterocycles. The van der Waals surface area contributed by atoms with Crippen LogP contribution in [-0.2, 0) is 13.1 Å². The molecule has 0 bridgehead atoms. The zero-order valence-electron chi connectivity index (χ0n) is 13.8. The zero-order valence-corrected chi connectivity index (χ0v) is 13.8. The van der Waals surface area contributed by atoms with Crippen LogP contribution >= 0.6 is 0 Å². The van der Waals surface area contributed by atoms with E-state index in [2.05, 4.69) is 60.7 Å². The predicted molar refractivity (Wildman–Crippen MR) is 94.1 cm³/mol. The third kappa shape index (κ3) is 4.92. The highest BCUT2D eigenvalue weighted by Crippen LogP contribution is 2.23. The number of hydrogen-bond acceptors (Lipinski definition) is 1. The van der Waals surface area contributed by atoms with Crippen LogP contribution in [-0.4, -0.2) is 17.8 Å². The summed E-state index contributed by atoms with van der Waals surface area (Å²) in [5.41, 5.74) is 2.76. The maximum atomic E-state index is 10.3. The summed E-state index contributed by atoms with van der Waals surface area (Å²) in [5.74, 6) is 0.450. The van der Waals surface area contributed by atoms with Gasteiger partial charge in [0.25, 0.3) is 0 Å². The molecule has 2 atom stereocenters. The fourth-order valence-electron chi connectivity index (χ4n) is 3.77. The van der Waals surface area contributed by atoms with Crippen LogP contribution in [0.15, 0.2) is 60.7 Å². The van der Waals surface area contributed by atoms with Gasteiger partial charge in [-0.2, -0.15) is 0 Å². The standard InChI is InChI=1S/C21H27NO/c23-21-14-8-7-13-20(21)17-22(15-18-9-3-1-4-10-18)16-19-11-5-2-6-12-19/h1-6,9-12,20-21,23H,7-8,13-17H2/p+1/t20-,21-/m0/s1. The number of hydrogen-bond donors (Lipinski definition) is 2. The lowest BCUT2D eigenvalue weighted by molar-refractivity contribution is -0.931. The Bertz CT molecular complexity index is 527. The number of aliphatic hydroxyl groups excluding tert-OH is 1. The van der Waals surface area contributed by atoms with E-state index in [1.54, 1.807) is 4.90 Å². The SMILES string of the molecule is O[C@H]1CCCC[C@H]1C[NH+](Cc1ccccc1)Cc1ccccc1. The molecule has 2 nitrogen and oxygen atoms in total. The van der Waals surface area contributed by atoms with Crippen LogP contribution in [0.2, 0.25) is 0 Å². The molecule has 0 saturated heterocycles. The largest absolute Gasteiger partial charge is 0.393 e. The molecule has 1 aliphatic rings. The van der Waals surface area contributed by atoms with Crippen LogP contribution < -0.4 is 4.90 Å². The fourth-order valence-corrected chi connectivity index (χ4v) is 3.77. The molecule has 0 heterocycles. The maximum Gasteiger partial charge on any atom is 0.103 e. The van der Waals surface area contributed by atoms with E-state index < -0.39 is 0 Å². The molecule has 0 amide bonds. The van der Waals surface area contributed by atoms with E-state index in [4.69, 9.17) is 0 Å². The van der Waals surface area contributed by atoms with Crippen LogP contribution in [0.4, 0.5) is 0 Å². The van der Waals surface area contributed by atoms with Crippen LogP contribution in [0.1, 0.15) is 36.8 Å². The first kappa shape index (κ1) is 16.2. The molecule has 23 heavy (non-hydrogen) atoms. The lowest BCUT2D eigenvalue weighted by Gasteiger charge is -2.31. The second kappa shape index (κ2) is 8.28. The molecule has 1 saturated carbocycles. The first-order valence-corrected chi connectivity index (χ1v) is 8.91. The van der Waals surface area contributed by atoms with Gasteiger partial charge < -0.3 is 10.0 Å². The van der Waals surface area contributed by atoms with Crippen molar-refractivity contribution in [2.24, 2.45) is 5.92 Å². The fraction of sp³-hybridized carbons (Fsp3) is 0.429.